The number of aromatic nitrogens is 3. The van der Waals surface area contributed by atoms with Crippen LogP contribution >= 0.6 is 0 Å². The number of nitrogens with one attached hydrogen (secondary N) is 2. The summed E-state index contributed by atoms with van der Waals surface area (Å²) < 4.78 is 0. The zero-order valence-corrected chi connectivity index (χ0v) is 12.2. The third kappa shape index (κ3) is 2.17. The van der Waals surface area contributed by atoms with Crippen molar-refractivity contribution in [2.75, 3.05) is 6.54 Å². The van der Waals surface area contributed by atoms with E-state index in [1.54, 1.807) is 4.90 Å². The Hall–Kier alpha value is -3.09. The SMILES string of the molecule is O=C(O)c1n[nH]c2c1CN(C(=O)c1cc3ccccc3[nH]1)CC2. The fourth-order valence-electron chi connectivity index (χ4n) is 3.00. The largest absolute Gasteiger partial charge is 0.476 e. The normalized spacial score (nSPS) is 14.0. The Morgan fingerprint density at radius 2 is 2.09 bits per heavy atom. The standard InChI is InChI=1S/C16H14N4O3/c21-15(13-7-9-3-1-2-4-11(9)17-13)20-6-5-12-10(8-20)14(16(22)23)19-18-12/h1-4,7,17H,5-6,8H2,(H,18,19)(H,22,23). The van der Waals surface area contributed by atoms with E-state index in [1.807, 2.05) is 30.3 Å². The van der Waals surface area contributed by atoms with Gasteiger partial charge in [-0.3, -0.25) is 9.89 Å². The van der Waals surface area contributed by atoms with Gasteiger partial charge in [0.1, 0.15) is 5.69 Å². The Balaban J connectivity index is 1.64. The lowest BCUT2D eigenvalue weighted by atomic mass is 10.0. The van der Waals surface area contributed by atoms with Crippen LogP contribution in [0, 0.1) is 0 Å². The van der Waals surface area contributed by atoms with Crippen LogP contribution in [-0.4, -0.2) is 43.6 Å². The zero-order valence-electron chi connectivity index (χ0n) is 12.2. The first kappa shape index (κ1) is 13.6. The minimum absolute atomic E-state index is 0.00542. The van der Waals surface area contributed by atoms with E-state index in [0.717, 1.165) is 16.6 Å². The molecule has 3 N–H and O–H groups in total. The molecule has 7 heteroatoms. The summed E-state index contributed by atoms with van der Waals surface area (Å²) in [6.45, 7) is 0.782. The van der Waals surface area contributed by atoms with Gasteiger partial charge in [0.15, 0.2) is 5.69 Å². The fourth-order valence-corrected chi connectivity index (χ4v) is 3.00. The third-order valence-corrected chi connectivity index (χ3v) is 4.18. The van der Waals surface area contributed by atoms with Gasteiger partial charge in [0.25, 0.3) is 5.91 Å². The number of carbonyl (C=O) groups is 2. The second-order valence-corrected chi connectivity index (χ2v) is 5.58. The molecule has 3 aromatic rings. The van der Waals surface area contributed by atoms with E-state index in [0.29, 0.717) is 24.2 Å². The van der Waals surface area contributed by atoms with Crippen molar-refractivity contribution in [1.29, 1.82) is 0 Å². The van der Waals surface area contributed by atoms with E-state index in [1.165, 1.54) is 0 Å². The lowest BCUT2D eigenvalue weighted by Gasteiger charge is -2.26. The number of hydrogen-bond acceptors (Lipinski definition) is 3. The van der Waals surface area contributed by atoms with Crippen LogP contribution in [0.5, 0.6) is 0 Å². The van der Waals surface area contributed by atoms with Crippen molar-refractivity contribution >= 4 is 22.8 Å². The molecule has 0 fully saturated rings. The van der Waals surface area contributed by atoms with Crippen LogP contribution in [-0.2, 0) is 13.0 Å². The maximum absolute atomic E-state index is 12.7. The van der Waals surface area contributed by atoms with Gasteiger partial charge in [0.05, 0.1) is 6.54 Å². The van der Waals surface area contributed by atoms with Gasteiger partial charge in [-0.05, 0) is 12.1 Å². The number of aromatic amines is 2. The van der Waals surface area contributed by atoms with Crippen LogP contribution < -0.4 is 0 Å². The van der Waals surface area contributed by atoms with Crippen LogP contribution in [0.15, 0.2) is 30.3 Å². The molecule has 2 aromatic heterocycles. The summed E-state index contributed by atoms with van der Waals surface area (Å²) >= 11 is 0. The molecular formula is C16H14N4O3. The zero-order chi connectivity index (χ0) is 16.0. The molecule has 0 aliphatic carbocycles. The molecule has 0 atom stereocenters. The molecule has 3 heterocycles. The van der Waals surface area contributed by atoms with Crippen LogP contribution in [0.2, 0.25) is 0 Å². The monoisotopic (exact) mass is 310 g/mol. The van der Waals surface area contributed by atoms with E-state index in [9.17, 15) is 14.7 Å². The molecule has 0 unspecified atom stereocenters. The van der Waals surface area contributed by atoms with Gasteiger partial charge in [-0.1, -0.05) is 18.2 Å². The van der Waals surface area contributed by atoms with Crippen molar-refractivity contribution in [3.05, 3.63) is 53.0 Å². The highest BCUT2D eigenvalue weighted by Crippen LogP contribution is 2.23. The third-order valence-electron chi connectivity index (χ3n) is 4.18. The molecule has 0 saturated heterocycles. The number of para-hydroxylation sites is 1. The van der Waals surface area contributed by atoms with Crippen molar-refractivity contribution in [2.45, 2.75) is 13.0 Å². The van der Waals surface area contributed by atoms with Gasteiger partial charge in [-0.15, -0.1) is 0 Å². The number of benzene rings is 1. The maximum Gasteiger partial charge on any atom is 0.356 e. The number of rotatable bonds is 2. The van der Waals surface area contributed by atoms with Gasteiger partial charge < -0.3 is 15.0 Å². The van der Waals surface area contributed by atoms with Gasteiger partial charge in [0, 0.05) is 35.1 Å². The number of carbonyl (C=O) groups excluding carboxylic acids is 1. The average molecular weight is 310 g/mol. The lowest BCUT2D eigenvalue weighted by Crippen LogP contribution is -2.36. The number of H-pyrrole nitrogens is 2. The van der Waals surface area contributed by atoms with Crippen molar-refractivity contribution < 1.29 is 14.7 Å². The predicted octanol–water partition coefficient (Wildman–Crippen LogP) is 1.79. The first-order valence-electron chi connectivity index (χ1n) is 7.30. The predicted molar refractivity (Wildman–Crippen MR) is 82.3 cm³/mol. The average Bonchev–Trinajstić information content (AvgIpc) is 3.17. The van der Waals surface area contributed by atoms with Crippen LogP contribution in [0.1, 0.15) is 32.2 Å². The number of carboxylic acid groups (broad SMARTS) is 1. The number of amides is 1. The highest BCUT2D eigenvalue weighted by atomic mass is 16.4. The summed E-state index contributed by atoms with van der Waals surface area (Å²) in [5, 5.41) is 16.7. The number of hydrogen-bond donors (Lipinski definition) is 3. The summed E-state index contributed by atoms with van der Waals surface area (Å²) in [7, 11) is 0. The van der Waals surface area contributed by atoms with Crippen LogP contribution in [0.25, 0.3) is 10.9 Å². The second-order valence-electron chi connectivity index (χ2n) is 5.58. The topological polar surface area (TPSA) is 102 Å². The van der Waals surface area contributed by atoms with E-state index in [-0.39, 0.29) is 18.1 Å². The number of carboxylic acids is 1. The second kappa shape index (κ2) is 4.98. The van der Waals surface area contributed by atoms with Gasteiger partial charge >= 0.3 is 5.97 Å². The van der Waals surface area contributed by atoms with Crippen molar-refractivity contribution in [3.63, 3.8) is 0 Å². The van der Waals surface area contributed by atoms with Crippen molar-refractivity contribution in [3.8, 4) is 0 Å². The van der Waals surface area contributed by atoms with Crippen molar-refractivity contribution in [1.82, 2.24) is 20.1 Å². The fraction of sp³-hybridized carbons (Fsp3) is 0.188. The molecule has 0 spiro atoms. The molecule has 1 aliphatic rings. The smallest absolute Gasteiger partial charge is 0.356 e. The molecule has 0 saturated carbocycles. The molecule has 1 aromatic carbocycles. The highest BCUT2D eigenvalue weighted by Gasteiger charge is 2.28. The lowest BCUT2D eigenvalue weighted by molar-refractivity contribution is 0.0673. The Morgan fingerprint density at radius 1 is 1.26 bits per heavy atom. The van der Waals surface area contributed by atoms with Crippen LogP contribution in [0.4, 0.5) is 0 Å². The van der Waals surface area contributed by atoms with Gasteiger partial charge in [-0.25, -0.2) is 4.79 Å². The summed E-state index contributed by atoms with van der Waals surface area (Å²) in [6.07, 6.45) is 0.571. The van der Waals surface area contributed by atoms with E-state index in [2.05, 4.69) is 15.2 Å². The Kier molecular flexibility index (Phi) is 2.94. The molecule has 23 heavy (non-hydrogen) atoms. The van der Waals surface area contributed by atoms with E-state index >= 15 is 0 Å². The summed E-state index contributed by atoms with van der Waals surface area (Å²) in [6, 6.07) is 9.50. The molecule has 116 valence electrons. The maximum atomic E-state index is 12.7. The molecular weight excluding hydrogens is 296 g/mol. The Morgan fingerprint density at radius 3 is 2.87 bits per heavy atom. The summed E-state index contributed by atoms with van der Waals surface area (Å²) in [4.78, 5) is 28.7. The molecule has 1 aliphatic heterocycles. The molecule has 4 rings (SSSR count). The number of aromatic carboxylic acids is 1. The minimum atomic E-state index is -1.08. The molecule has 0 radical (unpaired) electrons. The first-order chi connectivity index (χ1) is 11.1. The quantitative estimate of drug-likeness (QED) is 0.671. The Bertz CT molecular complexity index is 891. The van der Waals surface area contributed by atoms with Gasteiger partial charge in [-0.2, -0.15) is 5.10 Å². The van der Waals surface area contributed by atoms with Crippen molar-refractivity contribution in [2.24, 2.45) is 0 Å². The molecule has 0 bridgehead atoms. The summed E-state index contributed by atoms with van der Waals surface area (Å²) in [5.74, 6) is -1.22. The molecule has 7 nitrogen and oxygen atoms in total. The minimum Gasteiger partial charge on any atom is -0.476 e. The molecule has 1 amide bonds. The van der Waals surface area contributed by atoms with E-state index < -0.39 is 5.97 Å². The number of nitrogens with zero attached hydrogens (tertiary/aromatic N) is 2. The highest BCUT2D eigenvalue weighted by molar-refractivity contribution is 5.98. The first-order valence-corrected chi connectivity index (χ1v) is 7.30. The van der Waals surface area contributed by atoms with E-state index in [4.69, 9.17) is 0 Å². The number of fused-ring (bicyclic) bond motifs is 2. The Labute approximate surface area is 130 Å². The summed E-state index contributed by atoms with van der Waals surface area (Å²) in [5.41, 5.74) is 2.79. The van der Waals surface area contributed by atoms with Gasteiger partial charge in [0.2, 0.25) is 0 Å². The van der Waals surface area contributed by atoms with Crippen LogP contribution in [0.3, 0.4) is 0 Å².